The van der Waals surface area contributed by atoms with Gasteiger partial charge in [0.2, 0.25) is 0 Å². The van der Waals surface area contributed by atoms with Crippen LogP contribution in [0.15, 0.2) is 36.4 Å². The van der Waals surface area contributed by atoms with Gasteiger partial charge in [0.05, 0.1) is 10.6 Å². The van der Waals surface area contributed by atoms with Gasteiger partial charge in [-0.2, -0.15) is 13.3 Å². The van der Waals surface area contributed by atoms with Gasteiger partial charge in [-0.15, -0.1) is 0 Å². The summed E-state index contributed by atoms with van der Waals surface area (Å²) in [6, 6.07) is 15.1. The molecule has 0 heterocycles. The Morgan fingerprint density at radius 3 is 1.00 bits per heavy atom. The first kappa shape index (κ1) is 33.9. The van der Waals surface area contributed by atoms with Gasteiger partial charge in [-0.1, -0.05) is 80.3 Å². The van der Waals surface area contributed by atoms with Gasteiger partial charge < -0.3 is 0 Å². The van der Waals surface area contributed by atoms with E-state index in [0.717, 1.165) is 0 Å². The van der Waals surface area contributed by atoms with Gasteiger partial charge in [0.1, 0.15) is 0 Å². The molecule has 0 fully saturated rings. The molecule has 0 bridgehead atoms. The minimum absolute atomic E-state index is 0.516. The van der Waals surface area contributed by atoms with Crippen molar-refractivity contribution >= 4 is 43.7 Å². The molecule has 3 heteroatoms. The first-order valence-corrected chi connectivity index (χ1v) is 20.6. The summed E-state index contributed by atoms with van der Waals surface area (Å²) in [5, 5.41) is 6.36. The van der Waals surface area contributed by atoms with E-state index >= 15 is 0 Å². The minimum Gasteiger partial charge on any atom is -0.174 e. The molecule has 214 valence electrons. The fraction of sp³-hybridized carbons (Fsp3) is 0.600. The highest BCUT2D eigenvalue weighted by Crippen LogP contribution is 2.67. The van der Waals surface area contributed by atoms with Crippen molar-refractivity contribution in [3.05, 3.63) is 60.9 Å². The lowest BCUT2D eigenvalue weighted by Gasteiger charge is -2.43. The van der Waals surface area contributed by atoms with Crippen LogP contribution in [0.3, 0.4) is 0 Å². The summed E-state index contributed by atoms with van der Waals surface area (Å²) in [5.74, 6) is 1.03. The maximum absolute atomic E-state index is 5.12. The molecule has 38 heavy (non-hydrogen) atoms. The number of benzene rings is 2. The largest absolute Gasteiger partial charge is 0.174 e. The Hall–Kier alpha value is -0.270. The molecular weight excluding hydrogens is 513 g/mol. The van der Waals surface area contributed by atoms with Crippen LogP contribution < -0.4 is 21.2 Å². The van der Waals surface area contributed by atoms with Crippen molar-refractivity contribution < 1.29 is 0 Å². The van der Waals surface area contributed by atoms with Crippen LogP contribution in [0.25, 0.3) is 0 Å². The van der Waals surface area contributed by atoms with Crippen LogP contribution in [0, 0.1) is 13.3 Å². The molecular formula is C35H59P3. The molecule has 0 amide bonds. The quantitative estimate of drug-likeness (QED) is 0.186. The van der Waals surface area contributed by atoms with Crippen molar-refractivity contribution in [2.75, 3.05) is 0 Å². The van der Waals surface area contributed by atoms with Crippen molar-refractivity contribution in [3.8, 4) is 0 Å². The van der Waals surface area contributed by atoms with Crippen LogP contribution in [0.2, 0.25) is 0 Å². The maximum Gasteiger partial charge on any atom is 0.0733 e. The van der Waals surface area contributed by atoms with E-state index in [9.17, 15) is 0 Å². The Morgan fingerprint density at radius 1 is 0.500 bits per heavy atom. The Bertz CT molecular complexity index is 961. The smallest absolute Gasteiger partial charge is 0.0733 e. The first-order valence-electron chi connectivity index (χ1n) is 15.0. The van der Waals surface area contributed by atoms with Gasteiger partial charge in [-0.3, -0.25) is 0 Å². The summed E-state index contributed by atoms with van der Waals surface area (Å²) in [6.45, 7) is 43.8. The molecule has 2 aromatic carbocycles. The van der Waals surface area contributed by atoms with E-state index in [1.807, 2.05) is 0 Å². The van der Waals surface area contributed by atoms with Gasteiger partial charge >= 0.3 is 0 Å². The lowest BCUT2D eigenvalue weighted by Crippen LogP contribution is -2.41. The molecule has 0 radical (unpaired) electrons. The third-order valence-corrected chi connectivity index (χ3v) is 22.1. The molecule has 0 N–H and O–H groups in total. The fourth-order valence-electron chi connectivity index (χ4n) is 5.86. The molecule has 0 aromatic heterocycles. The van der Waals surface area contributed by atoms with Crippen LogP contribution in [0.4, 0.5) is 0 Å². The Morgan fingerprint density at radius 2 is 0.789 bits per heavy atom. The molecule has 0 aliphatic carbocycles. The van der Waals surface area contributed by atoms with E-state index in [1.165, 1.54) is 11.1 Å². The van der Waals surface area contributed by atoms with Crippen LogP contribution in [0.5, 0.6) is 0 Å². The third-order valence-electron chi connectivity index (χ3n) is 8.95. The zero-order valence-electron chi connectivity index (χ0n) is 27.3. The van der Waals surface area contributed by atoms with E-state index < -0.39 is 22.4 Å². The van der Waals surface area contributed by atoms with Crippen LogP contribution in [0.1, 0.15) is 120 Å². The van der Waals surface area contributed by atoms with Gasteiger partial charge in [0.15, 0.2) is 0 Å². The number of rotatable bonds is 11. The van der Waals surface area contributed by atoms with Crippen molar-refractivity contribution in [1.29, 1.82) is 0 Å². The van der Waals surface area contributed by atoms with Crippen LogP contribution in [-0.4, -0.2) is 28.3 Å². The molecule has 0 unspecified atom stereocenters. The first-order chi connectivity index (χ1) is 17.4. The Balaban J connectivity index is 3.07. The summed E-state index contributed by atoms with van der Waals surface area (Å²) in [4.78, 5) is 0. The monoisotopic (exact) mass is 572 g/mol. The fourth-order valence-corrected chi connectivity index (χ4v) is 16.5. The number of hydrogen-bond donors (Lipinski definition) is 0. The molecule has 0 saturated carbocycles. The zero-order valence-corrected chi connectivity index (χ0v) is 29.9. The maximum atomic E-state index is 5.12. The molecule has 0 nitrogen and oxygen atoms in total. The second kappa shape index (κ2) is 13.1. The highest BCUT2D eigenvalue weighted by atomic mass is 31.2. The molecule has 0 aliphatic rings. The Labute approximate surface area is 241 Å². The van der Waals surface area contributed by atoms with E-state index in [0.29, 0.717) is 40.1 Å². The van der Waals surface area contributed by atoms with Gasteiger partial charge in [0, 0.05) is 33.2 Å². The standard InChI is InChI=1S/C35H59P3/c1-23(2)30-17-19-32(34(21-30)37(15,26(7)8)27(9)10)36(25(5)6)33-20-18-31(24(3)4)22-35(33)38(16,28(11)12)29(13)14/h17-29H,15-16H2,1-14H3. The minimum atomic E-state index is -1.64. The SMILES string of the molecule is [CH2-][P+](c1cc(C(C)C)ccc1P(c1ccc(C(C)C)cc1[P+]([CH2-])(C(C)C)C(C)C)C(C)C)(C(C)C)C(C)C. The highest BCUT2D eigenvalue weighted by Gasteiger charge is 2.42. The number of hydrogen-bond acceptors (Lipinski definition) is 0. The molecule has 2 aromatic rings. The summed E-state index contributed by atoms with van der Waals surface area (Å²) in [5.41, 5.74) is 5.67. The third kappa shape index (κ3) is 6.45. The summed E-state index contributed by atoms with van der Waals surface area (Å²) in [7, 11) is -3.85. The summed E-state index contributed by atoms with van der Waals surface area (Å²) in [6.07, 6.45) is 0. The highest BCUT2D eigenvalue weighted by molar-refractivity contribution is 7.89. The van der Waals surface area contributed by atoms with Gasteiger partial charge in [0.25, 0.3) is 0 Å². The Kier molecular flexibility index (Phi) is 11.7. The van der Waals surface area contributed by atoms with Gasteiger partial charge in [-0.25, -0.2) is 0 Å². The van der Waals surface area contributed by atoms with Crippen molar-refractivity contribution in [1.82, 2.24) is 0 Å². The molecule has 0 spiro atoms. The van der Waals surface area contributed by atoms with E-state index in [4.69, 9.17) is 13.3 Å². The topological polar surface area (TPSA) is 0 Å². The molecule has 0 aliphatic heterocycles. The van der Waals surface area contributed by atoms with E-state index in [1.54, 1.807) is 21.2 Å². The summed E-state index contributed by atoms with van der Waals surface area (Å²) >= 11 is 0. The molecule has 0 saturated heterocycles. The predicted molar refractivity (Wildman–Crippen MR) is 187 cm³/mol. The second-order valence-electron chi connectivity index (χ2n) is 13.5. The zero-order chi connectivity index (χ0) is 29.3. The average molecular weight is 573 g/mol. The van der Waals surface area contributed by atoms with Crippen LogP contribution in [-0.2, 0) is 0 Å². The lowest BCUT2D eigenvalue weighted by atomic mass is 10.0. The van der Waals surface area contributed by atoms with Crippen molar-refractivity contribution in [2.45, 2.75) is 137 Å². The van der Waals surface area contributed by atoms with Crippen molar-refractivity contribution in [2.24, 2.45) is 0 Å². The second-order valence-corrected chi connectivity index (χ2v) is 25.1. The molecule has 2 rings (SSSR count). The van der Waals surface area contributed by atoms with Crippen molar-refractivity contribution in [3.63, 3.8) is 0 Å². The predicted octanol–water partition coefficient (Wildman–Crippen LogP) is 10.3. The van der Waals surface area contributed by atoms with E-state index in [-0.39, 0.29) is 0 Å². The van der Waals surface area contributed by atoms with Crippen LogP contribution >= 0.6 is 22.4 Å². The lowest BCUT2D eigenvalue weighted by molar-refractivity contribution is 0.868. The van der Waals surface area contributed by atoms with E-state index in [2.05, 4.69) is 133 Å². The summed E-state index contributed by atoms with van der Waals surface area (Å²) < 4.78 is 0. The normalized spacial score (nSPS) is 13.6. The average Bonchev–Trinajstić information content (AvgIpc) is 2.82. The molecule has 0 atom stereocenters. The van der Waals surface area contributed by atoms with Gasteiger partial charge in [-0.05, 0) is 104 Å².